The summed E-state index contributed by atoms with van der Waals surface area (Å²) in [6, 6.07) is 0. The molecule has 72 valence electrons. The molecule has 0 atom stereocenters. The van der Waals surface area contributed by atoms with E-state index in [9.17, 15) is 0 Å². The minimum absolute atomic E-state index is 1.27. The number of hydrogen-bond acceptors (Lipinski definition) is 1. The first-order valence-electron chi connectivity index (χ1n) is 5.18. The second-order valence-electron chi connectivity index (χ2n) is 3.30. The zero-order valence-electron chi connectivity index (χ0n) is 9.06. The van der Waals surface area contributed by atoms with Gasteiger partial charge in [-0.3, -0.25) is 0 Å². The predicted molar refractivity (Wildman–Crippen MR) is 56.2 cm³/mol. The molecule has 0 saturated carbocycles. The maximum absolute atomic E-state index is 2.43. The van der Waals surface area contributed by atoms with Crippen LogP contribution in [0, 0.1) is 0 Å². The molecule has 0 spiro atoms. The lowest BCUT2D eigenvalue weighted by Gasteiger charge is -2.25. The van der Waals surface area contributed by atoms with Gasteiger partial charge >= 0.3 is 0 Å². The Kier molecular flexibility index (Phi) is 6.93. The zero-order valence-corrected chi connectivity index (χ0v) is 9.06. The molecule has 0 aromatic carbocycles. The maximum Gasteiger partial charge on any atom is 0.0172 e. The Bertz CT molecular complexity index is 117. The molecular weight excluding hydrogens is 146 g/mol. The fourth-order valence-electron chi connectivity index (χ4n) is 1.41. The highest BCUT2D eigenvalue weighted by molar-refractivity contribution is 4.93. The Morgan fingerprint density at radius 3 is 1.92 bits per heavy atom. The molecule has 0 aromatic rings. The topological polar surface area (TPSA) is 3.24 Å². The Hall–Kier alpha value is -0.460. The van der Waals surface area contributed by atoms with Crippen molar-refractivity contribution in [1.29, 1.82) is 0 Å². The summed E-state index contributed by atoms with van der Waals surface area (Å²) >= 11 is 0. The van der Waals surface area contributed by atoms with Gasteiger partial charge in [0.2, 0.25) is 0 Å². The minimum Gasteiger partial charge on any atom is -0.377 e. The van der Waals surface area contributed by atoms with Crippen molar-refractivity contribution in [1.82, 2.24) is 4.90 Å². The molecular formula is C11H23N. The summed E-state index contributed by atoms with van der Waals surface area (Å²) in [5.74, 6) is 0. The first-order valence-corrected chi connectivity index (χ1v) is 5.18. The van der Waals surface area contributed by atoms with Gasteiger partial charge in [0.1, 0.15) is 0 Å². The molecule has 0 amide bonds. The third-order valence-corrected chi connectivity index (χ3v) is 1.83. The van der Waals surface area contributed by atoms with Crippen molar-refractivity contribution in [3.8, 4) is 0 Å². The molecule has 0 bridgehead atoms. The lowest BCUT2D eigenvalue weighted by Crippen LogP contribution is -2.24. The molecule has 0 N–H and O–H groups in total. The summed E-state index contributed by atoms with van der Waals surface area (Å²) in [5.41, 5.74) is 1.42. The van der Waals surface area contributed by atoms with E-state index in [2.05, 4.69) is 24.9 Å². The second kappa shape index (κ2) is 7.20. The number of allylic oxidation sites excluding steroid dienone is 1. The molecule has 1 fully saturated rings. The van der Waals surface area contributed by atoms with Gasteiger partial charge in [0.05, 0.1) is 0 Å². The molecule has 0 unspecified atom stereocenters. The summed E-state index contributed by atoms with van der Waals surface area (Å²) in [6.45, 7) is 10.9. The largest absolute Gasteiger partial charge is 0.377 e. The van der Waals surface area contributed by atoms with E-state index in [-0.39, 0.29) is 0 Å². The first kappa shape index (κ1) is 11.5. The number of hydrogen-bond donors (Lipinski definition) is 0. The molecule has 0 aromatic heterocycles. The fraction of sp³-hybridized carbons (Fsp3) is 0.818. The molecule has 1 nitrogen and oxygen atoms in total. The zero-order chi connectivity index (χ0) is 9.40. The van der Waals surface area contributed by atoms with Gasteiger partial charge in [-0.25, -0.2) is 0 Å². The Morgan fingerprint density at radius 1 is 1.00 bits per heavy atom. The van der Waals surface area contributed by atoms with Crippen LogP contribution in [0.15, 0.2) is 11.8 Å². The summed E-state index contributed by atoms with van der Waals surface area (Å²) in [7, 11) is 0. The van der Waals surface area contributed by atoms with Gasteiger partial charge in [-0.05, 0) is 39.3 Å². The molecule has 1 rings (SSSR count). The molecule has 1 aliphatic heterocycles. The minimum atomic E-state index is 1.27. The highest BCUT2D eigenvalue weighted by atomic mass is 15.1. The average Bonchev–Trinajstić information content (AvgIpc) is 2.08. The Morgan fingerprint density at radius 2 is 1.50 bits per heavy atom. The van der Waals surface area contributed by atoms with Gasteiger partial charge in [0.25, 0.3) is 0 Å². The number of nitrogens with zero attached hydrogens (tertiary/aromatic N) is 1. The maximum atomic E-state index is 2.43. The molecule has 1 heterocycles. The van der Waals surface area contributed by atoms with Crippen LogP contribution >= 0.6 is 0 Å². The van der Waals surface area contributed by atoms with Crippen LogP contribution in [0.2, 0.25) is 0 Å². The van der Waals surface area contributed by atoms with E-state index in [1.165, 1.54) is 37.9 Å². The molecule has 0 aliphatic carbocycles. The van der Waals surface area contributed by atoms with Crippen LogP contribution in [-0.2, 0) is 0 Å². The van der Waals surface area contributed by atoms with E-state index in [4.69, 9.17) is 0 Å². The van der Waals surface area contributed by atoms with Gasteiger partial charge in [-0.2, -0.15) is 0 Å². The van der Waals surface area contributed by atoms with E-state index in [1.807, 2.05) is 13.8 Å². The van der Waals surface area contributed by atoms with Crippen LogP contribution in [0.25, 0.3) is 0 Å². The van der Waals surface area contributed by atoms with Crippen LogP contribution in [0.3, 0.4) is 0 Å². The lowest BCUT2D eigenvalue weighted by molar-refractivity contribution is 0.307. The number of rotatable bonds is 1. The average molecular weight is 169 g/mol. The third-order valence-electron chi connectivity index (χ3n) is 1.83. The monoisotopic (exact) mass is 169 g/mol. The van der Waals surface area contributed by atoms with Crippen LogP contribution in [0.1, 0.15) is 47.0 Å². The van der Waals surface area contributed by atoms with Gasteiger partial charge in [0.15, 0.2) is 0 Å². The highest BCUT2D eigenvalue weighted by Gasteiger charge is 2.04. The van der Waals surface area contributed by atoms with Crippen molar-refractivity contribution in [3.63, 3.8) is 0 Å². The van der Waals surface area contributed by atoms with Gasteiger partial charge in [-0.1, -0.05) is 19.4 Å². The van der Waals surface area contributed by atoms with Gasteiger partial charge in [-0.15, -0.1) is 0 Å². The summed E-state index contributed by atoms with van der Waals surface area (Å²) < 4.78 is 0. The van der Waals surface area contributed by atoms with Gasteiger partial charge < -0.3 is 4.90 Å². The molecule has 1 saturated heterocycles. The first-order chi connectivity index (χ1) is 5.79. The van der Waals surface area contributed by atoms with Crippen LogP contribution in [0.4, 0.5) is 0 Å². The van der Waals surface area contributed by atoms with E-state index in [0.717, 1.165) is 0 Å². The highest BCUT2D eigenvalue weighted by Crippen LogP contribution is 2.09. The lowest BCUT2D eigenvalue weighted by atomic mass is 10.1. The smallest absolute Gasteiger partial charge is 0.0172 e. The van der Waals surface area contributed by atoms with Crippen LogP contribution in [-0.4, -0.2) is 18.0 Å². The van der Waals surface area contributed by atoms with Gasteiger partial charge in [0, 0.05) is 13.1 Å². The van der Waals surface area contributed by atoms with Crippen molar-refractivity contribution in [3.05, 3.63) is 11.8 Å². The normalized spacial score (nSPS) is 16.2. The quantitative estimate of drug-likeness (QED) is 0.581. The Labute approximate surface area is 77.5 Å². The standard InChI is InChI=1S/C9H17N.C2H6/c1-9(2)8-10-6-4-3-5-7-10;1-2/h8H,3-7H2,1-2H3;1-2H3. The predicted octanol–water partition coefficient (Wildman–Crippen LogP) is 3.42. The van der Waals surface area contributed by atoms with Crippen LogP contribution in [0.5, 0.6) is 0 Å². The molecule has 12 heavy (non-hydrogen) atoms. The summed E-state index contributed by atoms with van der Waals surface area (Å²) in [5, 5.41) is 0. The third kappa shape index (κ3) is 5.22. The Balaban J connectivity index is 0.000000561. The van der Waals surface area contributed by atoms with E-state index >= 15 is 0 Å². The number of piperidine rings is 1. The van der Waals surface area contributed by atoms with Crippen molar-refractivity contribution in [2.75, 3.05) is 13.1 Å². The molecule has 1 heteroatoms. The van der Waals surface area contributed by atoms with Crippen molar-refractivity contribution in [2.45, 2.75) is 47.0 Å². The number of likely N-dealkylation sites (tertiary alicyclic amines) is 1. The van der Waals surface area contributed by atoms with E-state index in [1.54, 1.807) is 0 Å². The van der Waals surface area contributed by atoms with E-state index in [0.29, 0.717) is 0 Å². The van der Waals surface area contributed by atoms with Crippen molar-refractivity contribution < 1.29 is 0 Å². The molecule has 1 aliphatic rings. The van der Waals surface area contributed by atoms with Crippen molar-refractivity contribution in [2.24, 2.45) is 0 Å². The second-order valence-corrected chi connectivity index (χ2v) is 3.30. The SMILES string of the molecule is CC.CC(C)=CN1CCCCC1. The van der Waals surface area contributed by atoms with Crippen molar-refractivity contribution >= 4 is 0 Å². The van der Waals surface area contributed by atoms with Crippen LogP contribution < -0.4 is 0 Å². The molecule has 0 radical (unpaired) electrons. The summed E-state index contributed by atoms with van der Waals surface area (Å²) in [6.07, 6.45) is 6.46. The summed E-state index contributed by atoms with van der Waals surface area (Å²) in [4.78, 5) is 2.43. The fourth-order valence-corrected chi connectivity index (χ4v) is 1.41. The van der Waals surface area contributed by atoms with E-state index < -0.39 is 0 Å².